The molecule has 0 amide bonds. The maximum atomic E-state index is 10.8. The fourth-order valence-electron chi connectivity index (χ4n) is 1.94. The van der Waals surface area contributed by atoms with Crippen molar-refractivity contribution in [3.63, 3.8) is 0 Å². The van der Waals surface area contributed by atoms with Crippen LogP contribution in [-0.2, 0) is 0 Å². The number of hydrogen-bond donors (Lipinski definition) is 1. The van der Waals surface area contributed by atoms with Crippen molar-refractivity contribution in [1.82, 2.24) is 4.98 Å². The predicted molar refractivity (Wildman–Crippen MR) is 79.1 cm³/mol. The largest absolute Gasteiger partial charge is 0.376 e. The highest BCUT2D eigenvalue weighted by molar-refractivity contribution is 6.33. The summed E-state index contributed by atoms with van der Waals surface area (Å²) in [6.07, 6.45) is 1.72. The Balaban J connectivity index is 2.28. The van der Waals surface area contributed by atoms with Gasteiger partial charge in [-0.3, -0.25) is 15.1 Å². The fourth-order valence-corrected chi connectivity index (χ4v) is 2.25. The van der Waals surface area contributed by atoms with Crippen LogP contribution >= 0.6 is 11.6 Å². The van der Waals surface area contributed by atoms with Gasteiger partial charge < -0.3 is 5.32 Å². The minimum atomic E-state index is -0.454. The van der Waals surface area contributed by atoms with Gasteiger partial charge in [0.1, 0.15) is 0 Å². The number of anilines is 1. The first-order chi connectivity index (χ1) is 9.49. The molecule has 1 atom stereocenters. The molecular weight excluding hydrogens is 278 g/mol. The zero-order valence-electron chi connectivity index (χ0n) is 11.1. The molecule has 0 saturated heterocycles. The normalized spacial score (nSPS) is 11.9. The summed E-state index contributed by atoms with van der Waals surface area (Å²) in [5.41, 5.74) is 2.28. The number of nitro benzene ring substituents is 1. The van der Waals surface area contributed by atoms with Gasteiger partial charge in [0.2, 0.25) is 0 Å². The van der Waals surface area contributed by atoms with Crippen LogP contribution in [0.5, 0.6) is 0 Å². The zero-order valence-corrected chi connectivity index (χ0v) is 11.9. The first-order valence-electron chi connectivity index (χ1n) is 6.11. The molecule has 1 heterocycles. The molecule has 0 aliphatic carbocycles. The van der Waals surface area contributed by atoms with Crippen molar-refractivity contribution < 1.29 is 4.92 Å². The third kappa shape index (κ3) is 3.05. The topological polar surface area (TPSA) is 68.1 Å². The van der Waals surface area contributed by atoms with Gasteiger partial charge in [-0.05, 0) is 31.5 Å². The molecule has 1 unspecified atom stereocenters. The second-order valence-electron chi connectivity index (χ2n) is 4.50. The number of nitrogens with zero attached hydrogens (tertiary/aromatic N) is 2. The van der Waals surface area contributed by atoms with Gasteiger partial charge in [0.25, 0.3) is 5.69 Å². The third-order valence-electron chi connectivity index (χ3n) is 2.98. The highest BCUT2D eigenvalue weighted by Gasteiger charge is 2.15. The van der Waals surface area contributed by atoms with Gasteiger partial charge in [-0.2, -0.15) is 0 Å². The van der Waals surface area contributed by atoms with Crippen molar-refractivity contribution >= 4 is 23.0 Å². The van der Waals surface area contributed by atoms with Gasteiger partial charge in [0, 0.05) is 18.3 Å². The SMILES string of the molecule is Cc1cc([N+](=O)[O-])cc(Cl)c1NC(C)c1ccccn1. The number of non-ortho nitro benzene ring substituents is 1. The van der Waals surface area contributed by atoms with Crippen molar-refractivity contribution in [3.8, 4) is 0 Å². The Morgan fingerprint density at radius 3 is 2.70 bits per heavy atom. The molecule has 0 spiro atoms. The highest BCUT2D eigenvalue weighted by Crippen LogP contribution is 2.32. The van der Waals surface area contributed by atoms with Gasteiger partial charge in [-0.15, -0.1) is 0 Å². The number of hydrogen-bond acceptors (Lipinski definition) is 4. The van der Waals surface area contributed by atoms with Crippen LogP contribution in [0.4, 0.5) is 11.4 Å². The number of nitrogens with one attached hydrogen (secondary N) is 1. The van der Waals surface area contributed by atoms with Crippen molar-refractivity contribution in [2.24, 2.45) is 0 Å². The molecule has 2 aromatic rings. The molecule has 1 aromatic carbocycles. The predicted octanol–water partition coefficient (Wildman–Crippen LogP) is 4.12. The monoisotopic (exact) mass is 291 g/mol. The van der Waals surface area contributed by atoms with Crippen molar-refractivity contribution in [2.45, 2.75) is 19.9 Å². The molecule has 0 radical (unpaired) electrons. The van der Waals surface area contributed by atoms with Crippen molar-refractivity contribution in [2.75, 3.05) is 5.32 Å². The molecule has 0 fully saturated rings. The van der Waals surface area contributed by atoms with E-state index < -0.39 is 4.92 Å². The lowest BCUT2D eigenvalue weighted by Gasteiger charge is -2.17. The van der Waals surface area contributed by atoms with Gasteiger partial charge >= 0.3 is 0 Å². The summed E-state index contributed by atoms with van der Waals surface area (Å²) in [4.78, 5) is 14.6. The van der Waals surface area contributed by atoms with Crippen molar-refractivity contribution in [1.29, 1.82) is 0 Å². The highest BCUT2D eigenvalue weighted by atomic mass is 35.5. The van der Waals surface area contributed by atoms with E-state index in [-0.39, 0.29) is 11.7 Å². The summed E-state index contributed by atoms with van der Waals surface area (Å²) in [6, 6.07) is 8.47. The number of rotatable bonds is 4. The molecule has 20 heavy (non-hydrogen) atoms. The molecule has 2 rings (SSSR count). The van der Waals surface area contributed by atoms with Crippen LogP contribution in [-0.4, -0.2) is 9.91 Å². The second-order valence-corrected chi connectivity index (χ2v) is 4.90. The summed E-state index contributed by atoms with van der Waals surface area (Å²) in [6.45, 7) is 3.74. The lowest BCUT2D eigenvalue weighted by Crippen LogP contribution is -2.09. The van der Waals surface area contributed by atoms with Crippen molar-refractivity contribution in [3.05, 3.63) is 62.9 Å². The standard InChI is InChI=1S/C14H14ClN3O2/c1-9-7-11(18(19)20)8-12(15)14(9)17-10(2)13-5-3-4-6-16-13/h3-8,10,17H,1-2H3. The van der Waals surface area contributed by atoms with Crippen LogP contribution in [0.1, 0.15) is 24.2 Å². The van der Waals surface area contributed by atoms with Crippen LogP contribution in [0.3, 0.4) is 0 Å². The van der Waals surface area contributed by atoms with Gasteiger partial charge in [0.05, 0.1) is 27.4 Å². The smallest absolute Gasteiger partial charge is 0.271 e. The molecule has 1 N–H and O–H groups in total. The molecule has 0 aliphatic heterocycles. The van der Waals surface area contributed by atoms with Crippen LogP contribution in [0.25, 0.3) is 0 Å². The van der Waals surface area contributed by atoms with E-state index in [2.05, 4.69) is 10.3 Å². The lowest BCUT2D eigenvalue weighted by atomic mass is 10.1. The number of pyridine rings is 1. The zero-order chi connectivity index (χ0) is 14.7. The average molecular weight is 292 g/mol. The molecule has 0 bridgehead atoms. The average Bonchev–Trinajstić information content (AvgIpc) is 2.43. The Bertz CT molecular complexity index is 609. The minimum absolute atomic E-state index is 0.0106. The quantitative estimate of drug-likeness (QED) is 0.679. The van der Waals surface area contributed by atoms with E-state index in [9.17, 15) is 10.1 Å². The lowest BCUT2D eigenvalue weighted by molar-refractivity contribution is -0.384. The Morgan fingerprint density at radius 2 is 2.15 bits per heavy atom. The van der Waals surface area contributed by atoms with Gasteiger partial charge in [-0.25, -0.2) is 0 Å². The summed E-state index contributed by atoms with van der Waals surface area (Å²) in [5.74, 6) is 0. The van der Waals surface area contributed by atoms with E-state index in [1.807, 2.05) is 25.1 Å². The Kier molecular flexibility index (Phi) is 4.20. The minimum Gasteiger partial charge on any atom is -0.376 e. The second kappa shape index (κ2) is 5.88. The number of aromatic nitrogens is 1. The van der Waals surface area contributed by atoms with E-state index in [0.717, 1.165) is 11.3 Å². The molecule has 6 heteroatoms. The van der Waals surface area contributed by atoms with E-state index in [1.165, 1.54) is 12.1 Å². The van der Waals surface area contributed by atoms with E-state index in [1.54, 1.807) is 13.1 Å². The van der Waals surface area contributed by atoms with E-state index >= 15 is 0 Å². The first kappa shape index (κ1) is 14.3. The van der Waals surface area contributed by atoms with Gasteiger partial charge in [-0.1, -0.05) is 17.7 Å². The number of halogens is 1. The van der Waals surface area contributed by atoms with Gasteiger partial charge in [0.15, 0.2) is 0 Å². The van der Waals surface area contributed by atoms with Crippen LogP contribution in [0, 0.1) is 17.0 Å². The molecule has 1 aromatic heterocycles. The van der Waals surface area contributed by atoms with Crippen LogP contribution in [0.15, 0.2) is 36.5 Å². The maximum absolute atomic E-state index is 10.8. The van der Waals surface area contributed by atoms with Crippen LogP contribution < -0.4 is 5.32 Å². The molecule has 104 valence electrons. The number of nitro groups is 1. The summed E-state index contributed by atoms with van der Waals surface area (Å²) in [7, 11) is 0. The number of benzene rings is 1. The molecule has 5 nitrogen and oxygen atoms in total. The Morgan fingerprint density at radius 1 is 1.40 bits per heavy atom. The third-order valence-corrected chi connectivity index (χ3v) is 3.27. The summed E-state index contributed by atoms with van der Waals surface area (Å²) < 4.78 is 0. The molecule has 0 saturated carbocycles. The summed E-state index contributed by atoms with van der Waals surface area (Å²) in [5, 5.41) is 14.4. The molecular formula is C14H14ClN3O2. The summed E-state index contributed by atoms with van der Waals surface area (Å²) >= 11 is 6.12. The maximum Gasteiger partial charge on any atom is 0.271 e. The Labute approximate surface area is 121 Å². The van der Waals surface area contributed by atoms with Crippen LogP contribution in [0.2, 0.25) is 5.02 Å². The van der Waals surface area contributed by atoms with E-state index in [0.29, 0.717) is 10.7 Å². The Hall–Kier alpha value is -2.14. The van der Waals surface area contributed by atoms with E-state index in [4.69, 9.17) is 11.6 Å². The molecule has 0 aliphatic rings. The first-order valence-corrected chi connectivity index (χ1v) is 6.49. The fraction of sp³-hybridized carbons (Fsp3) is 0.214. The number of aryl methyl sites for hydroxylation is 1.